The zero-order valence-corrected chi connectivity index (χ0v) is 17.6. The van der Waals surface area contributed by atoms with Gasteiger partial charge in [0.1, 0.15) is 5.82 Å². The molecule has 0 aliphatic carbocycles. The second-order valence-electron chi connectivity index (χ2n) is 7.59. The van der Waals surface area contributed by atoms with Gasteiger partial charge in [0.25, 0.3) is 5.69 Å². The maximum atomic E-state index is 11.3. The Morgan fingerprint density at radius 2 is 1.79 bits per heavy atom. The fourth-order valence-electron chi connectivity index (χ4n) is 3.79. The molecule has 0 aliphatic heterocycles. The molecule has 0 fully saturated rings. The maximum Gasteiger partial charge on any atom is 0.270 e. The van der Waals surface area contributed by atoms with E-state index in [0.29, 0.717) is 27.9 Å². The van der Waals surface area contributed by atoms with Crippen LogP contribution < -0.4 is 0 Å². The molecule has 0 radical (unpaired) electrons. The Balaban J connectivity index is 1.66. The number of benzene rings is 3. The molecule has 5 rings (SSSR count). The minimum Gasteiger partial charge on any atom is -0.494 e. The van der Waals surface area contributed by atoms with E-state index in [1.54, 1.807) is 12.3 Å². The molecule has 5 aromatic rings. The maximum absolute atomic E-state index is 11.3. The second-order valence-corrected chi connectivity index (χ2v) is 7.59. The quantitative estimate of drug-likeness (QED) is 0.187. The Morgan fingerprint density at radius 1 is 1.03 bits per heavy atom. The van der Waals surface area contributed by atoms with Crippen LogP contribution in [-0.4, -0.2) is 30.7 Å². The van der Waals surface area contributed by atoms with Crippen molar-refractivity contribution in [3.05, 3.63) is 106 Å². The molecular weight excluding hydrogens is 418 g/mol. The number of non-ortho nitro benzene ring substituents is 1. The minimum absolute atomic E-state index is 0.0608. The van der Waals surface area contributed by atoms with Crippen molar-refractivity contribution < 1.29 is 10.0 Å². The van der Waals surface area contributed by atoms with Crippen LogP contribution in [0.3, 0.4) is 0 Å². The topological polar surface area (TPSA) is 120 Å². The first-order valence-corrected chi connectivity index (χ1v) is 10.3. The van der Waals surface area contributed by atoms with E-state index in [0.717, 1.165) is 22.6 Å². The summed E-state index contributed by atoms with van der Waals surface area (Å²) in [4.78, 5) is 26.1. The van der Waals surface area contributed by atoms with E-state index in [1.807, 2.05) is 61.5 Å². The molecule has 0 bridgehead atoms. The van der Waals surface area contributed by atoms with Gasteiger partial charge in [-0.3, -0.25) is 10.1 Å². The van der Waals surface area contributed by atoms with Gasteiger partial charge in [-0.15, -0.1) is 0 Å². The molecule has 0 unspecified atom stereocenters. The number of fused-ring (bicyclic) bond motifs is 1. The van der Waals surface area contributed by atoms with Crippen molar-refractivity contribution in [2.75, 3.05) is 0 Å². The molecule has 2 heterocycles. The van der Waals surface area contributed by atoms with E-state index in [2.05, 4.69) is 15.0 Å². The van der Waals surface area contributed by atoms with E-state index < -0.39 is 4.92 Å². The van der Waals surface area contributed by atoms with Gasteiger partial charge in [0.05, 0.1) is 33.8 Å². The predicted molar refractivity (Wildman–Crippen MR) is 127 cm³/mol. The summed E-state index contributed by atoms with van der Waals surface area (Å²) in [7, 11) is 0. The fraction of sp³-hybridized carbons (Fsp3) is 0.0400. The molecule has 2 aromatic heterocycles. The van der Waals surface area contributed by atoms with E-state index in [4.69, 9.17) is 4.99 Å². The van der Waals surface area contributed by atoms with Crippen molar-refractivity contribution in [1.29, 1.82) is 0 Å². The zero-order valence-electron chi connectivity index (χ0n) is 17.6. The van der Waals surface area contributed by atoms with Crippen molar-refractivity contribution in [3.8, 4) is 17.1 Å². The van der Waals surface area contributed by atoms with Crippen LogP contribution in [0.25, 0.3) is 22.2 Å². The van der Waals surface area contributed by atoms with Gasteiger partial charge in [-0.05, 0) is 30.7 Å². The number of hydrogen-bond acceptors (Lipinski definition) is 5. The van der Waals surface area contributed by atoms with Gasteiger partial charge in [-0.1, -0.05) is 42.5 Å². The zero-order chi connectivity index (χ0) is 22.9. The molecule has 8 nitrogen and oxygen atoms in total. The predicted octanol–water partition coefficient (Wildman–Crippen LogP) is 5.65. The third-order valence-electron chi connectivity index (χ3n) is 5.38. The Morgan fingerprint density at radius 3 is 2.45 bits per heavy atom. The first-order chi connectivity index (χ1) is 16.0. The Labute approximate surface area is 188 Å². The van der Waals surface area contributed by atoms with Crippen LogP contribution in [0.2, 0.25) is 0 Å². The van der Waals surface area contributed by atoms with E-state index in [1.165, 1.54) is 12.1 Å². The summed E-state index contributed by atoms with van der Waals surface area (Å²) in [5.41, 5.74) is 4.77. The number of nitro groups is 1. The summed E-state index contributed by atoms with van der Waals surface area (Å²) in [6.07, 6.45) is 1.78. The first kappa shape index (κ1) is 20.2. The van der Waals surface area contributed by atoms with Crippen LogP contribution in [0.5, 0.6) is 5.88 Å². The molecule has 33 heavy (non-hydrogen) atoms. The van der Waals surface area contributed by atoms with E-state index in [9.17, 15) is 15.2 Å². The van der Waals surface area contributed by atoms with Crippen LogP contribution in [0.15, 0.2) is 84.0 Å². The highest BCUT2D eigenvalue weighted by Gasteiger charge is 2.20. The summed E-state index contributed by atoms with van der Waals surface area (Å²) in [6, 6.07) is 21.5. The van der Waals surface area contributed by atoms with E-state index in [-0.39, 0.29) is 11.6 Å². The molecule has 0 saturated heterocycles. The second kappa shape index (κ2) is 8.08. The number of rotatable bonds is 5. The third kappa shape index (κ3) is 3.85. The van der Waals surface area contributed by atoms with Crippen molar-refractivity contribution in [1.82, 2.24) is 15.0 Å². The minimum atomic E-state index is -0.456. The number of aromatic nitrogens is 3. The number of imidazole rings is 1. The van der Waals surface area contributed by atoms with Gasteiger partial charge < -0.3 is 15.1 Å². The largest absolute Gasteiger partial charge is 0.494 e. The van der Waals surface area contributed by atoms with Gasteiger partial charge in [0, 0.05) is 28.6 Å². The third-order valence-corrected chi connectivity index (χ3v) is 5.38. The highest BCUT2D eigenvalue weighted by Crippen LogP contribution is 2.34. The van der Waals surface area contributed by atoms with Crippen molar-refractivity contribution in [2.24, 2.45) is 4.99 Å². The molecule has 8 heteroatoms. The van der Waals surface area contributed by atoms with Crippen LogP contribution in [0, 0.1) is 17.0 Å². The van der Waals surface area contributed by atoms with Gasteiger partial charge >= 0.3 is 0 Å². The molecule has 0 atom stereocenters. The standard InChI is InChI=1S/C25H19N5O3/c1-15-26-14-22(27-15)16-7-9-18(10-8-16)28-24(17-5-3-2-4-6-17)23-20-13-19(30(32)33)11-12-21(20)29-25(23)31/h2-14,29,31H,1H3,(H,26,27). The van der Waals surface area contributed by atoms with Crippen LogP contribution in [0.4, 0.5) is 11.4 Å². The Bertz CT molecular complexity index is 1500. The number of aryl methyl sites for hydroxylation is 1. The summed E-state index contributed by atoms with van der Waals surface area (Å²) >= 11 is 0. The number of hydrogen-bond donors (Lipinski definition) is 3. The smallest absolute Gasteiger partial charge is 0.270 e. The normalized spacial score (nSPS) is 11.7. The number of aromatic amines is 2. The molecule has 0 amide bonds. The average molecular weight is 437 g/mol. The Hall–Kier alpha value is -4.72. The Kier molecular flexibility index (Phi) is 4.95. The highest BCUT2D eigenvalue weighted by molar-refractivity contribution is 6.22. The lowest BCUT2D eigenvalue weighted by Gasteiger charge is -2.08. The highest BCUT2D eigenvalue weighted by atomic mass is 16.6. The molecule has 3 aromatic carbocycles. The molecule has 0 aliphatic rings. The number of nitrogens with one attached hydrogen (secondary N) is 2. The summed E-state index contributed by atoms with van der Waals surface area (Å²) in [5.74, 6) is 0.736. The number of nitrogens with zero attached hydrogens (tertiary/aromatic N) is 3. The van der Waals surface area contributed by atoms with E-state index >= 15 is 0 Å². The SMILES string of the molecule is Cc1ncc(-c2ccc(N=C(c3ccccc3)c3c(O)[nH]c4ccc([N+](=O)[O-])cc34)cc2)[nH]1. The molecule has 0 spiro atoms. The van der Waals surface area contributed by atoms with Crippen LogP contribution in [-0.2, 0) is 0 Å². The van der Waals surface area contributed by atoms with Gasteiger partial charge in [-0.25, -0.2) is 9.98 Å². The lowest BCUT2D eigenvalue weighted by atomic mass is 10.0. The van der Waals surface area contributed by atoms with Gasteiger partial charge in [-0.2, -0.15) is 0 Å². The van der Waals surface area contributed by atoms with Crippen molar-refractivity contribution in [2.45, 2.75) is 6.92 Å². The number of aliphatic imine (C=N–C) groups is 1. The first-order valence-electron chi connectivity index (χ1n) is 10.3. The monoisotopic (exact) mass is 437 g/mol. The number of H-pyrrole nitrogens is 2. The lowest BCUT2D eigenvalue weighted by Crippen LogP contribution is -2.03. The molecule has 3 N–H and O–H groups in total. The van der Waals surface area contributed by atoms with Crippen LogP contribution in [0.1, 0.15) is 17.0 Å². The molecular formula is C25H19N5O3. The summed E-state index contributed by atoms with van der Waals surface area (Å²) in [6.45, 7) is 1.90. The lowest BCUT2D eigenvalue weighted by molar-refractivity contribution is -0.384. The summed E-state index contributed by atoms with van der Waals surface area (Å²) < 4.78 is 0. The van der Waals surface area contributed by atoms with Gasteiger partial charge in [0.2, 0.25) is 0 Å². The fourth-order valence-corrected chi connectivity index (χ4v) is 3.79. The number of aromatic hydroxyl groups is 1. The molecule has 0 saturated carbocycles. The average Bonchev–Trinajstić information content (AvgIpc) is 3.40. The molecule has 162 valence electrons. The van der Waals surface area contributed by atoms with Crippen molar-refractivity contribution >= 4 is 28.0 Å². The number of nitro benzene ring substituents is 1. The summed E-state index contributed by atoms with van der Waals surface area (Å²) in [5, 5.41) is 22.6. The van der Waals surface area contributed by atoms with Crippen molar-refractivity contribution in [3.63, 3.8) is 0 Å². The van der Waals surface area contributed by atoms with Crippen LogP contribution >= 0.6 is 0 Å². The van der Waals surface area contributed by atoms with Gasteiger partial charge in [0.15, 0.2) is 5.88 Å².